The molecule has 146 valence electrons. The minimum atomic E-state index is -3.78. The number of imide groups is 1. The molecule has 4 amide bonds. The second-order valence-electron chi connectivity index (χ2n) is 6.59. The highest BCUT2D eigenvalue weighted by molar-refractivity contribution is 7.89. The van der Waals surface area contributed by atoms with Crippen LogP contribution in [0, 0.1) is 5.92 Å². The van der Waals surface area contributed by atoms with Crippen molar-refractivity contribution in [3.05, 3.63) is 23.2 Å². The number of anilines is 1. The summed E-state index contributed by atoms with van der Waals surface area (Å²) in [7, 11) is -3.78. The average molecular weight is 415 g/mol. The van der Waals surface area contributed by atoms with Gasteiger partial charge in [0.25, 0.3) is 5.91 Å². The number of hydrogen-bond donors (Lipinski definition) is 2. The van der Waals surface area contributed by atoms with Crippen LogP contribution < -0.4 is 10.6 Å². The predicted molar refractivity (Wildman–Crippen MR) is 97.7 cm³/mol. The molecule has 27 heavy (non-hydrogen) atoms. The summed E-state index contributed by atoms with van der Waals surface area (Å²) in [6.45, 7) is 2.20. The van der Waals surface area contributed by atoms with E-state index >= 15 is 0 Å². The first-order valence-corrected chi connectivity index (χ1v) is 10.2. The highest BCUT2D eigenvalue weighted by atomic mass is 35.5. The average Bonchev–Trinajstić information content (AvgIpc) is 3.17. The maximum absolute atomic E-state index is 12.8. The fraction of sp³-hybridized carbons (Fsp3) is 0.438. The third-order valence-electron chi connectivity index (χ3n) is 4.46. The quantitative estimate of drug-likeness (QED) is 0.693. The van der Waals surface area contributed by atoms with E-state index in [-0.39, 0.29) is 28.1 Å². The first kappa shape index (κ1) is 19.6. The van der Waals surface area contributed by atoms with Crippen molar-refractivity contribution in [3.8, 4) is 0 Å². The lowest BCUT2D eigenvalue weighted by atomic mass is 10.2. The Morgan fingerprint density at radius 2 is 2.11 bits per heavy atom. The molecular weight excluding hydrogens is 396 g/mol. The standard InChI is InChI=1S/C16H19ClN4O5S/c1-10-4-5-20(8-10)27(25,26)13-6-11(2-3-12(13)17)19-14(22)9-21-15(23)7-18-16(21)24/h2-3,6,10H,4-5,7-9H2,1H3,(H,18,24)(H,19,22)/t10-/m1/s1. The molecule has 0 spiro atoms. The van der Waals surface area contributed by atoms with Crippen LogP contribution in [0.5, 0.6) is 0 Å². The van der Waals surface area contributed by atoms with Crippen LogP contribution in [0.25, 0.3) is 0 Å². The lowest BCUT2D eigenvalue weighted by Crippen LogP contribution is -2.38. The Morgan fingerprint density at radius 1 is 1.37 bits per heavy atom. The van der Waals surface area contributed by atoms with E-state index in [0.717, 1.165) is 11.3 Å². The number of rotatable bonds is 5. The van der Waals surface area contributed by atoms with Crippen molar-refractivity contribution in [2.45, 2.75) is 18.2 Å². The van der Waals surface area contributed by atoms with Gasteiger partial charge in [0.05, 0.1) is 11.6 Å². The van der Waals surface area contributed by atoms with Gasteiger partial charge in [-0.15, -0.1) is 0 Å². The van der Waals surface area contributed by atoms with Crippen molar-refractivity contribution in [1.82, 2.24) is 14.5 Å². The van der Waals surface area contributed by atoms with Gasteiger partial charge in [0.15, 0.2) is 0 Å². The van der Waals surface area contributed by atoms with E-state index in [9.17, 15) is 22.8 Å². The van der Waals surface area contributed by atoms with Crippen LogP contribution in [-0.4, -0.2) is 61.6 Å². The Kier molecular flexibility index (Phi) is 5.41. The normalized spacial score (nSPS) is 20.8. The lowest BCUT2D eigenvalue weighted by Gasteiger charge is -2.18. The molecule has 3 rings (SSSR count). The molecule has 2 heterocycles. The third kappa shape index (κ3) is 4.07. The van der Waals surface area contributed by atoms with E-state index in [1.54, 1.807) is 0 Å². The summed E-state index contributed by atoms with van der Waals surface area (Å²) in [5, 5.41) is 4.87. The van der Waals surface area contributed by atoms with Crippen LogP contribution in [0.15, 0.2) is 23.1 Å². The number of benzene rings is 1. The molecule has 0 bridgehead atoms. The molecule has 1 aromatic rings. The molecular formula is C16H19ClN4O5S. The molecule has 2 N–H and O–H groups in total. The second-order valence-corrected chi connectivity index (χ2v) is 8.90. The summed E-state index contributed by atoms with van der Waals surface area (Å²) >= 11 is 6.08. The minimum absolute atomic E-state index is 0.0571. The van der Waals surface area contributed by atoms with Crippen LogP contribution in [0.4, 0.5) is 10.5 Å². The molecule has 2 aliphatic heterocycles. The molecule has 0 radical (unpaired) electrons. The van der Waals surface area contributed by atoms with Gasteiger partial charge < -0.3 is 10.6 Å². The zero-order valence-electron chi connectivity index (χ0n) is 14.6. The topological polar surface area (TPSA) is 116 Å². The highest BCUT2D eigenvalue weighted by Crippen LogP contribution is 2.30. The van der Waals surface area contributed by atoms with Gasteiger partial charge in [-0.1, -0.05) is 18.5 Å². The summed E-state index contributed by atoms with van der Waals surface area (Å²) in [6.07, 6.45) is 0.777. The molecule has 11 heteroatoms. The molecule has 2 saturated heterocycles. The molecule has 0 saturated carbocycles. The Morgan fingerprint density at radius 3 is 2.70 bits per heavy atom. The van der Waals surface area contributed by atoms with Crippen molar-refractivity contribution < 1.29 is 22.8 Å². The summed E-state index contributed by atoms with van der Waals surface area (Å²) < 4.78 is 27.0. The molecule has 2 aliphatic rings. The molecule has 1 atom stereocenters. The Balaban J connectivity index is 1.76. The first-order chi connectivity index (χ1) is 12.7. The Bertz CT molecular complexity index is 888. The van der Waals surface area contributed by atoms with Crippen molar-refractivity contribution in [1.29, 1.82) is 0 Å². The number of nitrogens with zero attached hydrogens (tertiary/aromatic N) is 2. The zero-order valence-corrected chi connectivity index (χ0v) is 16.1. The third-order valence-corrected chi connectivity index (χ3v) is 6.80. The Hall–Kier alpha value is -2.17. The number of halogens is 1. The number of hydrogen-bond acceptors (Lipinski definition) is 5. The summed E-state index contributed by atoms with van der Waals surface area (Å²) in [6, 6.07) is 3.48. The van der Waals surface area contributed by atoms with Gasteiger partial charge in [-0.25, -0.2) is 13.2 Å². The number of nitrogens with one attached hydrogen (secondary N) is 2. The molecule has 0 aliphatic carbocycles. The maximum atomic E-state index is 12.8. The van der Waals surface area contributed by atoms with Gasteiger partial charge in [-0.3, -0.25) is 14.5 Å². The van der Waals surface area contributed by atoms with E-state index in [1.807, 2.05) is 6.92 Å². The van der Waals surface area contributed by atoms with Crippen LogP contribution in [0.3, 0.4) is 0 Å². The van der Waals surface area contributed by atoms with Gasteiger partial charge in [-0.2, -0.15) is 4.31 Å². The van der Waals surface area contributed by atoms with Crippen LogP contribution in [0.2, 0.25) is 5.02 Å². The van der Waals surface area contributed by atoms with Crippen molar-refractivity contribution in [2.24, 2.45) is 5.92 Å². The number of amides is 4. The molecule has 9 nitrogen and oxygen atoms in total. The molecule has 1 aromatic carbocycles. The predicted octanol–water partition coefficient (Wildman–Crippen LogP) is 0.861. The second kappa shape index (κ2) is 7.45. The van der Waals surface area contributed by atoms with Gasteiger partial charge >= 0.3 is 6.03 Å². The fourth-order valence-corrected chi connectivity index (χ4v) is 5.07. The minimum Gasteiger partial charge on any atom is -0.329 e. The van der Waals surface area contributed by atoms with Crippen LogP contribution in [0.1, 0.15) is 13.3 Å². The molecule has 0 unspecified atom stereocenters. The van der Waals surface area contributed by atoms with Crippen molar-refractivity contribution >= 4 is 45.2 Å². The Labute approximate surface area is 161 Å². The van der Waals surface area contributed by atoms with Crippen molar-refractivity contribution in [3.63, 3.8) is 0 Å². The van der Waals surface area contributed by atoms with E-state index in [2.05, 4.69) is 10.6 Å². The maximum Gasteiger partial charge on any atom is 0.325 e. The number of urea groups is 1. The van der Waals surface area contributed by atoms with E-state index in [0.29, 0.717) is 13.1 Å². The summed E-state index contributed by atoms with van der Waals surface area (Å²) in [5.74, 6) is -0.857. The van der Waals surface area contributed by atoms with Gasteiger partial charge in [-0.05, 0) is 30.5 Å². The summed E-state index contributed by atoms with van der Waals surface area (Å²) in [5.41, 5.74) is 0.210. The lowest BCUT2D eigenvalue weighted by molar-refractivity contribution is -0.128. The smallest absolute Gasteiger partial charge is 0.325 e. The van der Waals surface area contributed by atoms with Gasteiger partial charge in [0.1, 0.15) is 11.4 Å². The van der Waals surface area contributed by atoms with E-state index < -0.39 is 34.4 Å². The zero-order chi connectivity index (χ0) is 19.8. The van der Waals surface area contributed by atoms with Crippen LogP contribution in [-0.2, 0) is 19.6 Å². The number of carbonyl (C=O) groups is 3. The highest BCUT2D eigenvalue weighted by Gasteiger charge is 2.33. The molecule has 0 aromatic heterocycles. The largest absolute Gasteiger partial charge is 0.329 e. The fourth-order valence-electron chi connectivity index (χ4n) is 2.99. The van der Waals surface area contributed by atoms with Gasteiger partial charge in [0, 0.05) is 18.8 Å². The van der Waals surface area contributed by atoms with Crippen LogP contribution >= 0.6 is 11.6 Å². The summed E-state index contributed by atoms with van der Waals surface area (Å²) in [4.78, 5) is 35.8. The number of sulfonamides is 1. The van der Waals surface area contributed by atoms with E-state index in [1.165, 1.54) is 22.5 Å². The first-order valence-electron chi connectivity index (χ1n) is 8.36. The van der Waals surface area contributed by atoms with E-state index in [4.69, 9.17) is 11.6 Å². The number of carbonyl (C=O) groups excluding carboxylic acids is 3. The van der Waals surface area contributed by atoms with Gasteiger partial charge in [0.2, 0.25) is 15.9 Å². The van der Waals surface area contributed by atoms with Crippen molar-refractivity contribution in [2.75, 3.05) is 31.5 Å². The molecule has 2 fully saturated rings. The monoisotopic (exact) mass is 414 g/mol. The SMILES string of the molecule is C[C@@H]1CCN(S(=O)(=O)c2cc(NC(=O)CN3C(=O)CNC3=O)ccc2Cl)C1.